The molecule has 0 spiro atoms. The van der Waals surface area contributed by atoms with Crippen molar-refractivity contribution in [3.05, 3.63) is 142 Å². The molecule has 230 valence electrons. The van der Waals surface area contributed by atoms with E-state index in [1.165, 1.54) is 49.7 Å². The van der Waals surface area contributed by atoms with Gasteiger partial charge in [-0.25, -0.2) is 0 Å². The molecule has 0 fully saturated rings. The smallest absolute Gasteiger partial charge is 0.147 e. The molecular formula is C41H44Cl2SiZr. The fourth-order valence-electron chi connectivity index (χ4n) is 8.76. The molecule has 5 aromatic rings. The van der Waals surface area contributed by atoms with Crippen LogP contribution in [0.5, 0.6) is 0 Å². The van der Waals surface area contributed by atoms with Crippen molar-refractivity contribution in [3.63, 3.8) is 0 Å². The topological polar surface area (TPSA) is 0 Å². The molecule has 0 radical (unpaired) electrons. The zero-order chi connectivity index (χ0) is 30.1. The Hall–Kier alpha value is -2.48. The quantitative estimate of drug-likeness (QED) is 0.158. The van der Waals surface area contributed by atoms with E-state index in [4.69, 9.17) is 0 Å². The van der Waals surface area contributed by atoms with Gasteiger partial charge >= 0.3 is 262 Å². The molecule has 0 heterocycles. The summed E-state index contributed by atoms with van der Waals surface area (Å²) >= 11 is -3.69. The molecule has 0 saturated heterocycles. The van der Waals surface area contributed by atoms with Crippen molar-refractivity contribution >= 4 is 54.6 Å². The first-order valence-corrected chi connectivity index (χ1v) is 29.5. The Morgan fingerprint density at radius 1 is 0.622 bits per heavy atom. The SMILES string of the molecule is CC1=Cc2c(-c3ccccc3)ccc(C)c2[CH]1[Zr]([CH3])([CH3])(=[SiH2])[CH]1C(C(C)C)=Cc2c(-c3cccc4ccccc34)cccc21.Cl.Cl. The first-order valence-electron chi connectivity index (χ1n) is 15.8. The van der Waals surface area contributed by atoms with Gasteiger partial charge in [0.05, 0.1) is 0 Å². The average Bonchev–Trinajstić information content (AvgIpc) is 3.58. The molecule has 2 aliphatic rings. The second-order valence-electron chi connectivity index (χ2n) is 14.4. The van der Waals surface area contributed by atoms with E-state index < -0.39 is 17.4 Å². The fraction of sp³-hybridized carbons (Fsp3) is 0.220. The van der Waals surface area contributed by atoms with Crippen molar-refractivity contribution in [2.75, 3.05) is 0 Å². The summed E-state index contributed by atoms with van der Waals surface area (Å²) in [5.41, 5.74) is 16.2. The van der Waals surface area contributed by atoms with Gasteiger partial charge in [-0.1, -0.05) is 0 Å². The van der Waals surface area contributed by atoms with Gasteiger partial charge in [-0.05, 0) is 0 Å². The van der Waals surface area contributed by atoms with Crippen LogP contribution in [0.2, 0.25) is 9.26 Å². The summed E-state index contributed by atoms with van der Waals surface area (Å²) in [5, 5.41) is 2.64. The van der Waals surface area contributed by atoms with Crippen LogP contribution in [-0.4, -0.2) is 6.88 Å². The Labute approximate surface area is 284 Å². The number of rotatable bonds is 5. The molecule has 0 N–H and O–H groups in total. The maximum absolute atomic E-state index is 3.69. The second kappa shape index (κ2) is 12.3. The van der Waals surface area contributed by atoms with E-state index in [2.05, 4.69) is 159 Å². The minimum absolute atomic E-state index is 0. The van der Waals surface area contributed by atoms with Crippen molar-refractivity contribution in [2.24, 2.45) is 5.92 Å². The molecular weight excluding hydrogens is 683 g/mol. The summed E-state index contributed by atoms with van der Waals surface area (Å²) in [4.78, 5) is 0. The van der Waals surface area contributed by atoms with E-state index in [-0.39, 0.29) is 24.8 Å². The van der Waals surface area contributed by atoms with E-state index in [0.717, 1.165) is 0 Å². The molecule has 0 aromatic heterocycles. The molecule has 5 aromatic carbocycles. The second-order valence-corrected chi connectivity index (χ2v) is 44.9. The maximum atomic E-state index is 2.77. The predicted octanol–water partition coefficient (Wildman–Crippen LogP) is 11.9. The third-order valence-corrected chi connectivity index (χ3v) is 28.0. The first kappa shape index (κ1) is 33.9. The Bertz CT molecular complexity index is 2060. The number of halogens is 2. The summed E-state index contributed by atoms with van der Waals surface area (Å²) in [6, 6.07) is 38.5. The van der Waals surface area contributed by atoms with Crippen molar-refractivity contribution in [3.8, 4) is 22.3 Å². The third kappa shape index (κ3) is 5.41. The van der Waals surface area contributed by atoms with Gasteiger partial charge in [-0.3, -0.25) is 0 Å². The van der Waals surface area contributed by atoms with Crippen LogP contribution in [0, 0.1) is 12.8 Å². The number of hydrogen-bond donors (Lipinski definition) is 0. The van der Waals surface area contributed by atoms with E-state index in [1.54, 1.807) is 22.3 Å². The van der Waals surface area contributed by atoms with Gasteiger partial charge in [0.25, 0.3) is 0 Å². The van der Waals surface area contributed by atoms with Gasteiger partial charge in [-0.15, -0.1) is 24.8 Å². The summed E-state index contributed by atoms with van der Waals surface area (Å²) in [6.45, 7) is 12.1. The van der Waals surface area contributed by atoms with E-state index >= 15 is 0 Å². The Kier molecular flexibility index (Phi) is 9.24. The number of aryl methyl sites for hydroxylation is 1. The Morgan fingerprint density at radius 3 is 2.00 bits per heavy atom. The zero-order valence-corrected chi connectivity index (χ0v) is 32.7. The van der Waals surface area contributed by atoms with E-state index in [1.807, 2.05) is 0 Å². The van der Waals surface area contributed by atoms with Crippen LogP contribution in [0.15, 0.2) is 114 Å². The van der Waals surface area contributed by atoms with Crippen LogP contribution in [0.1, 0.15) is 55.8 Å². The van der Waals surface area contributed by atoms with E-state index in [0.29, 0.717) is 13.2 Å². The van der Waals surface area contributed by atoms with Gasteiger partial charge in [0.1, 0.15) is 0 Å². The normalized spacial score (nSPS) is 17.2. The molecule has 0 bridgehead atoms. The Morgan fingerprint density at radius 2 is 1.27 bits per heavy atom. The van der Waals surface area contributed by atoms with E-state index in [9.17, 15) is 0 Å². The minimum atomic E-state index is -3.69. The number of fused-ring (bicyclic) bond motifs is 3. The average molecular weight is 727 g/mol. The molecule has 2 atom stereocenters. The fourth-order valence-corrected chi connectivity index (χ4v) is 29.4. The summed E-state index contributed by atoms with van der Waals surface area (Å²) in [7, 11) is 0. The van der Waals surface area contributed by atoms with Gasteiger partial charge in [-0.2, -0.15) is 0 Å². The molecule has 4 heteroatoms. The van der Waals surface area contributed by atoms with Crippen LogP contribution in [0.3, 0.4) is 0 Å². The molecule has 0 nitrogen and oxygen atoms in total. The molecule has 0 amide bonds. The van der Waals surface area contributed by atoms with Gasteiger partial charge in [0, 0.05) is 0 Å². The number of allylic oxidation sites excluding steroid dienone is 2. The van der Waals surface area contributed by atoms with Gasteiger partial charge in [0.2, 0.25) is 0 Å². The van der Waals surface area contributed by atoms with Crippen LogP contribution in [0.4, 0.5) is 0 Å². The van der Waals surface area contributed by atoms with Gasteiger partial charge in [0.15, 0.2) is 0 Å². The standard InChI is InChI=1S/C22H19.C17H15.2CH3.2ClH.H2Si.Zr/c1-15(2)18-13-17-9-6-12-21(22(17)14-18)20-11-5-8-16-7-3-4-10-19(16)20;1-12-10-16-13(2)8-9-15(17(16)11-12)14-6-4-3-5-7-14;;;;;;/h3-15H,1-2H3;3-11H,1-2H3;2*1H3;2*1H;1H2;. The summed E-state index contributed by atoms with van der Waals surface area (Å²) in [6.07, 6.45) is 5.16. The monoisotopic (exact) mass is 724 g/mol. The van der Waals surface area contributed by atoms with Crippen LogP contribution in [-0.2, 0) is 17.4 Å². The first-order chi connectivity index (χ1) is 20.5. The van der Waals surface area contributed by atoms with Crippen molar-refractivity contribution < 1.29 is 17.4 Å². The summed E-state index contributed by atoms with van der Waals surface area (Å²) in [5.74, 6) is 0.497. The van der Waals surface area contributed by atoms with Crippen molar-refractivity contribution in [1.29, 1.82) is 0 Å². The maximum Gasteiger partial charge on any atom is -0.147 e. The van der Waals surface area contributed by atoms with Crippen molar-refractivity contribution in [2.45, 2.75) is 44.2 Å². The minimum Gasteiger partial charge on any atom is -0.147 e. The van der Waals surface area contributed by atoms with Crippen LogP contribution >= 0.6 is 24.8 Å². The van der Waals surface area contributed by atoms with Crippen molar-refractivity contribution in [1.82, 2.24) is 0 Å². The molecule has 0 saturated carbocycles. The largest absolute Gasteiger partial charge is 0.147 e. The third-order valence-electron chi connectivity index (χ3n) is 10.4. The number of hydrogen-bond acceptors (Lipinski definition) is 0. The molecule has 2 unspecified atom stereocenters. The van der Waals surface area contributed by atoms with Crippen LogP contribution in [0.25, 0.3) is 45.2 Å². The molecule has 7 rings (SSSR count). The molecule has 45 heavy (non-hydrogen) atoms. The zero-order valence-electron chi connectivity index (χ0n) is 27.2. The Balaban J connectivity index is 0.00000200. The number of benzene rings is 5. The summed E-state index contributed by atoms with van der Waals surface area (Å²) < 4.78 is 6.56. The molecule has 0 aliphatic heterocycles. The van der Waals surface area contributed by atoms with Gasteiger partial charge < -0.3 is 0 Å². The predicted molar refractivity (Wildman–Crippen MR) is 203 cm³/mol. The molecule has 2 aliphatic carbocycles. The van der Waals surface area contributed by atoms with Crippen LogP contribution < -0.4 is 0 Å².